The van der Waals surface area contributed by atoms with Crippen LogP contribution in [0.3, 0.4) is 0 Å². The van der Waals surface area contributed by atoms with E-state index < -0.39 is 0 Å². The van der Waals surface area contributed by atoms with E-state index in [1.807, 2.05) is 12.3 Å². The van der Waals surface area contributed by atoms with Crippen molar-refractivity contribution in [1.29, 1.82) is 0 Å². The van der Waals surface area contributed by atoms with Gasteiger partial charge >= 0.3 is 0 Å². The number of likely N-dealkylation sites (N-methyl/N-ethyl adjacent to an activating group) is 1. The van der Waals surface area contributed by atoms with E-state index in [2.05, 4.69) is 73.4 Å². The van der Waals surface area contributed by atoms with Gasteiger partial charge in [-0.05, 0) is 53.9 Å². The zero-order chi connectivity index (χ0) is 17.7. The van der Waals surface area contributed by atoms with Gasteiger partial charge in [-0.2, -0.15) is 5.10 Å². The van der Waals surface area contributed by atoms with Crippen LogP contribution in [0.15, 0.2) is 24.4 Å². The van der Waals surface area contributed by atoms with Gasteiger partial charge in [-0.15, -0.1) is 0 Å². The molecule has 0 saturated heterocycles. The number of aromatic nitrogens is 3. The highest BCUT2D eigenvalue weighted by atomic mass is 15.3. The molecule has 24 heavy (non-hydrogen) atoms. The highest BCUT2D eigenvalue weighted by Gasteiger charge is 2.17. The third-order valence-electron chi connectivity index (χ3n) is 4.32. The van der Waals surface area contributed by atoms with Crippen molar-refractivity contribution in [3.63, 3.8) is 0 Å². The quantitative estimate of drug-likeness (QED) is 0.746. The van der Waals surface area contributed by atoms with E-state index in [-0.39, 0.29) is 0 Å². The van der Waals surface area contributed by atoms with Gasteiger partial charge in [0.05, 0.1) is 11.4 Å². The first-order valence-electron chi connectivity index (χ1n) is 8.70. The van der Waals surface area contributed by atoms with Gasteiger partial charge in [0, 0.05) is 49.7 Å². The van der Waals surface area contributed by atoms with Crippen molar-refractivity contribution in [3.05, 3.63) is 47.0 Å². The summed E-state index contributed by atoms with van der Waals surface area (Å²) in [6.07, 6.45) is 1.87. The van der Waals surface area contributed by atoms with Crippen LogP contribution in [-0.4, -0.2) is 51.7 Å². The Kier molecular flexibility index (Phi) is 6.52. The summed E-state index contributed by atoms with van der Waals surface area (Å²) < 4.78 is 2.13. The van der Waals surface area contributed by atoms with Crippen molar-refractivity contribution < 1.29 is 0 Å². The van der Waals surface area contributed by atoms with Crippen LogP contribution in [0.25, 0.3) is 0 Å². The molecule has 2 aromatic rings. The second kappa shape index (κ2) is 8.40. The molecule has 2 aromatic heterocycles. The van der Waals surface area contributed by atoms with E-state index >= 15 is 0 Å². The lowest BCUT2D eigenvalue weighted by Gasteiger charge is -2.24. The molecule has 0 bridgehead atoms. The molecule has 0 aliphatic rings. The van der Waals surface area contributed by atoms with Crippen LogP contribution in [0.5, 0.6) is 0 Å². The minimum absolute atomic E-state index is 0.392. The van der Waals surface area contributed by atoms with Crippen LogP contribution in [0.1, 0.15) is 42.5 Å². The smallest absolute Gasteiger partial charge is 0.0641 e. The van der Waals surface area contributed by atoms with Crippen LogP contribution in [0.2, 0.25) is 0 Å². The number of hydrogen-bond acceptors (Lipinski definition) is 4. The first-order chi connectivity index (χ1) is 11.4. The van der Waals surface area contributed by atoms with Gasteiger partial charge in [-0.3, -0.25) is 14.6 Å². The number of aryl methyl sites for hydroxylation is 1. The molecule has 0 aliphatic carbocycles. The molecule has 0 radical (unpaired) electrons. The molecule has 0 atom stereocenters. The molecule has 0 amide bonds. The number of hydrogen-bond donors (Lipinski definition) is 0. The molecular weight excluding hydrogens is 298 g/mol. The van der Waals surface area contributed by atoms with E-state index in [4.69, 9.17) is 5.10 Å². The van der Waals surface area contributed by atoms with Crippen molar-refractivity contribution in [1.82, 2.24) is 24.6 Å². The standard InChI is InChI=1S/C19H31N5/c1-15(2)24-17(4)19(16(3)21-24)14-23(12-11-22(5)6)13-18-9-7-8-10-20-18/h7-10,15H,11-14H2,1-6H3. The van der Waals surface area contributed by atoms with Crippen LogP contribution < -0.4 is 0 Å². The second-order valence-electron chi connectivity index (χ2n) is 7.02. The minimum Gasteiger partial charge on any atom is -0.308 e. The maximum atomic E-state index is 4.73. The molecule has 0 unspecified atom stereocenters. The summed E-state index contributed by atoms with van der Waals surface area (Å²) in [4.78, 5) is 9.18. The summed E-state index contributed by atoms with van der Waals surface area (Å²) in [5.41, 5.74) is 4.87. The highest BCUT2D eigenvalue weighted by Crippen LogP contribution is 2.19. The molecule has 2 rings (SSSR count). The Labute approximate surface area is 146 Å². The normalized spacial score (nSPS) is 11.9. The SMILES string of the molecule is Cc1nn(C(C)C)c(C)c1CN(CCN(C)C)Cc1ccccn1. The maximum Gasteiger partial charge on any atom is 0.0641 e. The predicted octanol–water partition coefficient (Wildman–Crippen LogP) is 3.04. The molecule has 0 aromatic carbocycles. The average Bonchev–Trinajstić information content (AvgIpc) is 2.81. The molecule has 2 heterocycles. The largest absolute Gasteiger partial charge is 0.308 e. The summed E-state index contributed by atoms with van der Waals surface area (Å²) >= 11 is 0. The molecule has 0 saturated carbocycles. The van der Waals surface area contributed by atoms with Crippen molar-refractivity contribution in [2.75, 3.05) is 27.2 Å². The van der Waals surface area contributed by atoms with Gasteiger partial charge < -0.3 is 4.90 Å². The van der Waals surface area contributed by atoms with Crippen molar-refractivity contribution in [2.45, 2.75) is 46.8 Å². The summed E-state index contributed by atoms with van der Waals surface area (Å²) in [5.74, 6) is 0. The average molecular weight is 329 g/mol. The zero-order valence-corrected chi connectivity index (χ0v) is 16.0. The van der Waals surface area contributed by atoms with Crippen LogP contribution in [0.4, 0.5) is 0 Å². The minimum atomic E-state index is 0.392. The summed E-state index contributed by atoms with van der Waals surface area (Å²) in [6, 6.07) is 6.51. The third kappa shape index (κ3) is 4.89. The Morgan fingerprint density at radius 1 is 1.08 bits per heavy atom. The van der Waals surface area contributed by atoms with Gasteiger partial charge in [0.1, 0.15) is 0 Å². The highest BCUT2D eigenvalue weighted by molar-refractivity contribution is 5.25. The molecule has 132 valence electrons. The molecular formula is C19H31N5. The predicted molar refractivity (Wildman–Crippen MR) is 99.0 cm³/mol. The lowest BCUT2D eigenvalue weighted by Crippen LogP contribution is -2.31. The molecule has 0 fully saturated rings. The van der Waals surface area contributed by atoms with E-state index in [1.165, 1.54) is 11.3 Å². The van der Waals surface area contributed by atoms with E-state index in [9.17, 15) is 0 Å². The molecule has 5 heteroatoms. The first-order valence-corrected chi connectivity index (χ1v) is 8.70. The van der Waals surface area contributed by atoms with Gasteiger partial charge in [-0.25, -0.2) is 0 Å². The Bertz CT molecular complexity index is 631. The fourth-order valence-corrected chi connectivity index (χ4v) is 2.93. The Morgan fingerprint density at radius 2 is 1.83 bits per heavy atom. The van der Waals surface area contributed by atoms with Crippen molar-refractivity contribution in [3.8, 4) is 0 Å². The van der Waals surface area contributed by atoms with Crippen molar-refractivity contribution in [2.24, 2.45) is 0 Å². The van der Waals surface area contributed by atoms with Crippen LogP contribution >= 0.6 is 0 Å². The number of rotatable bonds is 8. The van der Waals surface area contributed by atoms with Crippen LogP contribution in [0, 0.1) is 13.8 Å². The summed E-state index contributed by atoms with van der Waals surface area (Å²) in [6.45, 7) is 12.5. The van der Waals surface area contributed by atoms with Gasteiger partial charge in [-0.1, -0.05) is 6.07 Å². The summed E-state index contributed by atoms with van der Waals surface area (Å²) in [5, 5.41) is 4.73. The molecule has 5 nitrogen and oxygen atoms in total. The Morgan fingerprint density at radius 3 is 2.38 bits per heavy atom. The molecule has 0 N–H and O–H groups in total. The lowest BCUT2D eigenvalue weighted by molar-refractivity contribution is 0.223. The fraction of sp³-hybridized carbons (Fsp3) is 0.579. The Balaban J connectivity index is 2.18. The zero-order valence-electron chi connectivity index (χ0n) is 16.0. The van der Waals surface area contributed by atoms with Gasteiger partial charge in [0.2, 0.25) is 0 Å². The lowest BCUT2D eigenvalue weighted by atomic mass is 10.1. The van der Waals surface area contributed by atoms with Gasteiger partial charge in [0.25, 0.3) is 0 Å². The second-order valence-corrected chi connectivity index (χ2v) is 7.02. The maximum absolute atomic E-state index is 4.73. The number of nitrogens with zero attached hydrogens (tertiary/aromatic N) is 5. The molecule has 0 spiro atoms. The first kappa shape index (κ1) is 18.6. The number of pyridine rings is 1. The molecule has 0 aliphatic heterocycles. The van der Waals surface area contributed by atoms with Crippen molar-refractivity contribution >= 4 is 0 Å². The van der Waals surface area contributed by atoms with E-state index in [1.54, 1.807) is 0 Å². The Hall–Kier alpha value is -1.72. The monoisotopic (exact) mass is 329 g/mol. The summed E-state index contributed by atoms with van der Waals surface area (Å²) in [7, 11) is 4.23. The topological polar surface area (TPSA) is 37.2 Å². The third-order valence-corrected chi connectivity index (χ3v) is 4.32. The van der Waals surface area contributed by atoms with E-state index in [0.717, 1.165) is 37.6 Å². The van der Waals surface area contributed by atoms with Crippen LogP contribution in [-0.2, 0) is 13.1 Å². The van der Waals surface area contributed by atoms with Gasteiger partial charge in [0.15, 0.2) is 0 Å². The van der Waals surface area contributed by atoms with E-state index in [0.29, 0.717) is 6.04 Å². The fourth-order valence-electron chi connectivity index (χ4n) is 2.93.